The van der Waals surface area contributed by atoms with Crippen LogP contribution in [-0.2, 0) is 22.8 Å². The van der Waals surface area contributed by atoms with Gasteiger partial charge >= 0.3 is 0 Å². The molecule has 2 aromatic heterocycles. The van der Waals surface area contributed by atoms with Gasteiger partial charge in [-0.25, -0.2) is 14.2 Å². The number of benzene rings is 1. The van der Waals surface area contributed by atoms with Crippen molar-refractivity contribution in [2.75, 3.05) is 43.3 Å². The third-order valence-corrected chi connectivity index (χ3v) is 6.52. The summed E-state index contributed by atoms with van der Waals surface area (Å²) in [6.45, 7) is 3.81. The van der Waals surface area contributed by atoms with Crippen LogP contribution in [0.4, 0.5) is 29.1 Å². The molecular weight excluding hydrogens is 462 g/mol. The SMILES string of the molecule is CN1Cc2cc(Nc3ncc(C#N)c(Nc4cccc(N=S(C)(C)=O)n4)n3)cc3c2C(CNC3)C1. The molecule has 180 valence electrons. The smallest absolute Gasteiger partial charge is 0.229 e. The molecule has 5 rings (SSSR count). The van der Waals surface area contributed by atoms with Crippen LogP contribution in [0.2, 0.25) is 0 Å². The van der Waals surface area contributed by atoms with Gasteiger partial charge in [0.05, 0.1) is 6.20 Å². The Kier molecular flexibility index (Phi) is 6.10. The van der Waals surface area contributed by atoms with Crippen LogP contribution in [0.3, 0.4) is 0 Å². The first kappa shape index (κ1) is 23.2. The highest BCUT2D eigenvalue weighted by Gasteiger charge is 2.29. The number of nitrogens with zero attached hydrogens (tertiary/aromatic N) is 6. The molecule has 0 bridgehead atoms. The van der Waals surface area contributed by atoms with Crippen molar-refractivity contribution in [3.05, 3.63) is 58.8 Å². The number of rotatable bonds is 5. The molecular formula is C24H27N9OS. The fourth-order valence-corrected chi connectivity index (χ4v) is 5.21. The lowest BCUT2D eigenvalue weighted by Crippen LogP contribution is -2.39. The van der Waals surface area contributed by atoms with E-state index < -0.39 is 9.73 Å². The molecule has 0 spiro atoms. The Balaban J connectivity index is 1.44. The van der Waals surface area contributed by atoms with Crippen LogP contribution in [0, 0.1) is 11.3 Å². The first-order valence-corrected chi connectivity index (χ1v) is 13.6. The van der Waals surface area contributed by atoms with E-state index in [0.717, 1.165) is 31.9 Å². The van der Waals surface area contributed by atoms with Crippen molar-refractivity contribution in [3.8, 4) is 6.07 Å². The predicted octanol–water partition coefficient (Wildman–Crippen LogP) is 3.22. The van der Waals surface area contributed by atoms with Crippen molar-refractivity contribution in [2.45, 2.75) is 19.0 Å². The van der Waals surface area contributed by atoms with Crippen LogP contribution in [0.25, 0.3) is 0 Å². The summed E-state index contributed by atoms with van der Waals surface area (Å²) >= 11 is 0. The zero-order valence-electron chi connectivity index (χ0n) is 19.9. The number of pyridine rings is 1. The molecule has 1 atom stereocenters. The number of aromatic nitrogens is 3. The first-order valence-electron chi connectivity index (χ1n) is 11.3. The van der Waals surface area contributed by atoms with Gasteiger partial charge in [-0.3, -0.25) is 0 Å². The van der Waals surface area contributed by atoms with Crippen LogP contribution >= 0.6 is 0 Å². The Labute approximate surface area is 205 Å². The zero-order chi connectivity index (χ0) is 24.6. The molecule has 3 aromatic rings. The number of hydrogen-bond donors (Lipinski definition) is 3. The summed E-state index contributed by atoms with van der Waals surface area (Å²) in [6.07, 6.45) is 4.58. The zero-order valence-corrected chi connectivity index (χ0v) is 20.7. The number of likely N-dealkylation sites (N-methyl/N-ethyl adjacent to an activating group) is 1. The normalized spacial score (nSPS) is 17.3. The van der Waals surface area contributed by atoms with Gasteiger partial charge in [0.1, 0.15) is 17.5 Å². The molecule has 10 nitrogen and oxygen atoms in total. The Morgan fingerprint density at radius 1 is 1.23 bits per heavy atom. The average Bonchev–Trinajstić information content (AvgIpc) is 2.78. The van der Waals surface area contributed by atoms with Gasteiger partial charge < -0.3 is 20.9 Å². The van der Waals surface area contributed by atoms with Crippen molar-refractivity contribution in [2.24, 2.45) is 4.36 Å². The monoisotopic (exact) mass is 489 g/mol. The molecule has 0 amide bonds. The van der Waals surface area contributed by atoms with Crippen LogP contribution in [0.5, 0.6) is 0 Å². The topological polar surface area (TPSA) is 131 Å². The summed E-state index contributed by atoms with van der Waals surface area (Å²) in [5.41, 5.74) is 5.28. The lowest BCUT2D eigenvalue weighted by atomic mass is 9.83. The highest BCUT2D eigenvalue weighted by Crippen LogP contribution is 2.35. The lowest BCUT2D eigenvalue weighted by molar-refractivity contribution is 0.269. The lowest BCUT2D eigenvalue weighted by Gasteiger charge is -2.37. The van der Waals surface area contributed by atoms with E-state index in [1.807, 2.05) is 0 Å². The summed E-state index contributed by atoms with van der Waals surface area (Å²) in [5, 5.41) is 19.5. The fraction of sp³-hybridized carbons (Fsp3) is 0.333. The number of hydrogen-bond acceptors (Lipinski definition) is 10. The quantitative estimate of drug-likeness (QED) is 0.494. The molecule has 11 heteroatoms. The molecule has 0 fully saturated rings. The third-order valence-electron chi connectivity index (χ3n) is 5.90. The van der Waals surface area contributed by atoms with Gasteiger partial charge in [-0.15, -0.1) is 0 Å². The van der Waals surface area contributed by atoms with Gasteiger partial charge in [0, 0.05) is 60.0 Å². The molecule has 1 aromatic carbocycles. The van der Waals surface area contributed by atoms with Crippen molar-refractivity contribution in [1.82, 2.24) is 25.2 Å². The van der Waals surface area contributed by atoms with Crippen LogP contribution < -0.4 is 16.0 Å². The van der Waals surface area contributed by atoms with Gasteiger partial charge in [-0.1, -0.05) is 6.07 Å². The van der Waals surface area contributed by atoms with Crippen LogP contribution in [-0.4, -0.2) is 56.7 Å². The highest BCUT2D eigenvalue weighted by molar-refractivity contribution is 7.92. The Morgan fingerprint density at radius 3 is 2.86 bits per heavy atom. The van der Waals surface area contributed by atoms with Gasteiger partial charge in [0.25, 0.3) is 0 Å². The van der Waals surface area contributed by atoms with E-state index in [1.54, 1.807) is 30.7 Å². The minimum Gasteiger partial charge on any atom is -0.324 e. The van der Waals surface area contributed by atoms with Gasteiger partial charge in [0.15, 0.2) is 11.6 Å². The number of nitrogens with one attached hydrogen (secondary N) is 3. The summed E-state index contributed by atoms with van der Waals surface area (Å²) < 4.78 is 16.1. The Hall–Kier alpha value is -3.59. The van der Waals surface area contributed by atoms with Gasteiger partial charge in [0.2, 0.25) is 5.95 Å². The van der Waals surface area contributed by atoms with E-state index in [1.165, 1.54) is 22.9 Å². The fourth-order valence-electron chi connectivity index (χ4n) is 4.66. The summed E-state index contributed by atoms with van der Waals surface area (Å²) in [6, 6.07) is 11.6. The van der Waals surface area contributed by atoms with Crippen LogP contribution in [0.15, 0.2) is 40.9 Å². The van der Waals surface area contributed by atoms with Crippen LogP contribution in [0.1, 0.15) is 28.2 Å². The summed E-state index contributed by atoms with van der Waals surface area (Å²) in [7, 11) is -0.199. The van der Waals surface area contributed by atoms with E-state index in [2.05, 4.69) is 65.4 Å². The molecule has 2 aliphatic heterocycles. The maximum Gasteiger partial charge on any atom is 0.229 e. The summed E-state index contributed by atoms with van der Waals surface area (Å²) in [4.78, 5) is 15.6. The summed E-state index contributed by atoms with van der Waals surface area (Å²) in [5.74, 6) is 1.98. The standard InChI is InChI=1S/C24H27N9OS/c1-33-13-16-8-19(7-15-10-26-11-18(14-33)22(15)16)28-24-27-12-17(9-25)23(31-24)30-20-5-4-6-21(29-20)32-35(2,3)34/h4-8,12,18,26H,10-11,13-14H2,1-3H3,(H2,27,28,29,30,31). The maximum absolute atomic E-state index is 12.0. The molecule has 2 aliphatic rings. The average molecular weight is 490 g/mol. The first-order chi connectivity index (χ1) is 16.8. The van der Waals surface area contributed by atoms with E-state index in [4.69, 9.17) is 0 Å². The van der Waals surface area contributed by atoms with Crippen molar-refractivity contribution in [3.63, 3.8) is 0 Å². The van der Waals surface area contributed by atoms with Crippen molar-refractivity contribution < 1.29 is 4.21 Å². The highest BCUT2D eigenvalue weighted by atomic mass is 32.2. The minimum atomic E-state index is -2.35. The maximum atomic E-state index is 12.0. The Morgan fingerprint density at radius 2 is 2.06 bits per heavy atom. The molecule has 0 saturated carbocycles. The molecule has 0 aliphatic carbocycles. The Bertz CT molecular complexity index is 1450. The molecule has 1 unspecified atom stereocenters. The molecule has 3 N–H and O–H groups in total. The largest absolute Gasteiger partial charge is 0.324 e. The van der Waals surface area contributed by atoms with Crippen molar-refractivity contribution >= 4 is 38.8 Å². The molecule has 4 heterocycles. The molecule has 0 saturated heterocycles. The molecule has 35 heavy (non-hydrogen) atoms. The van der Waals surface area contributed by atoms with E-state index in [-0.39, 0.29) is 5.56 Å². The number of anilines is 4. The van der Waals surface area contributed by atoms with E-state index >= 15 is 0 Å². The van der Waals surface area contributed by atoms with E-state index in [0.29, 0.717) is 29.3 Å². The van der Waals surface area contributed by atoms with Crippen molar-refractivity contribution in [1.29, 1.82) is 5.26 Å². The second-order valence-corrected chi connectivity index (χ2v) is 11.7. The predicted molar refractivity (Wildman–Crippen MR) is 137 cm³/mol. The minimum absolute atomic E-state index is 0.281. The second-order valence-electron chi connectivity index (χ2n) is 9.20. The number of nitriles is 1. The van der Waals surface area contributed by atoms with E-state index in [9.17, 15) is 9.47 Å². The van der Waals surface area contributed by atoms with Gasteiger partial charge in [-0.05, 0) is 48.0 Å². The van der Waals surface area contributed by atoms with Gasteiger partial charge in [-0.2, -0.15) is 14.6 Å². The third kappa shape index (κ3) is 5.24. The molecule has 0 radical (unpaired) electrons. The second kappa shape index (κ2) is 9.22.